The Morgan fingerprint density at radius 1 is 1.13 bits per heavy atom. The van der Waals surface area contributed by atoms with Gasteiger partial charge in [0.15, 0.2) is 0 Å². The van der Waals surface area contributed by atoms with Crippen LogP contribution >= 0.6 is 0 Å². The number of benzene rings is 2. The fourth-order valence-corrected chi connectivity index (χ4v) is 3.59. The van der Waals surface area contributed by atoms with E-state index in [-0.39, 0.29) is 12.0 Å². The molecule has 1 fully saturated rings. The number of aryl methyl sites for hydroxylation is 1. The van der Waals surface area contributed by atoms with Crippen molar-refractivity contribution in [2.45, 2.75) is 6.92 Å². The molecule has 8 heteroatoms. The maximum absolute atomic E-state index is 11.7. The first-order valence-corrected chi connectivity index (χ1v) is 9.50. The summed E-state index contributed by atoms with van der Waals surface area (Å²) in [5.74, 6) is -0.453. The summed E-state index contributed by atoms with van der Waals surface area (Å²) >= 11 is 0. The lowest BCUT2D eigenvalue weighted by Gasteiger charge is -2.31. The van der Waals surface area contributed by atoms with E-state index in [0.717, 1.165) is 46.4 Å². The molecular weight excluding hydrogens is 384 g/mol. The Balaban J connectivity index is 0.000000806. The standard InChI is InChI=1S/C21H21N3O3.CH3NO/c1-13-10-20(25)23-18-4-2-14(11-16(13)18)17-12-15(21(22)26)3-5-19(17)24-6-8-27-9-7-24;2-1-3/h2-5,10-12H,6-9H2,1H3,(H2,22,26)(H,23,25);1H,(H2,2,3). The largest absolute Gasteiger partial charge is 0.378 e. The molecule has 1 aliphatic heterocycles. The molecule has 1 aliphatic rings. The molecule has 30 heavy (non-hydrogen) atoms. The van der Waals surface area contributed by atoms with Crippen LogP contribution < -0.4 is 21.9 Å². The zero-order chi connectivity index (χ0) is 21.7. The fourth-order valence-electron chi connectivity index (χ4n) is 3.59. The molecule has 8 nitrogen and oxygen atoms in total. The van der Waals surface area contributed by atoms with E-state index in [1.54, 1.807) is 12.1 Å². The SMILES string of the molecule is Cc1cc(=O)[nH]c2ccc(-c3cc(C(N)=O)ccc3N3CCOCC3)cc12.NC=O. The highest BCUT2D eigenvalue weighted by Crippen LogP contribution is 2.34. The Bertz CT molecular complexity index is 1130. The van der Waals surface area contributed by atoms with Crippen LogP contribution in [0.1, 0.15) is 15.9 Å². The van der Waals surface area contributed by atoms with E-state index in [2.05, 4.69) is 15.6 Å². The van der Waals surface area contributed by atoms with Crippen LogP contribution in [0.5, 0.6) is 0 Å². The maximum Gasteiger partial charge on any atom is 0.248 e. The zero-order valence-corrected chi connectivity index (χ0v) is 16.7. The predicted molar refractivity (Wildman–Crippen MR) is 117 cm³/mol. The van der Waals surface area contributed by atoms with Gasteiger partial charge in [-0.25, -0.2) is 0 Å². The number of morpholine rings is 1. The number of fused-ring (bicyclic) bond motifs is 1. The number of anilines is 1. The number of carbonyl (C=O) groups is 2. The van der Waals surface area contributed by atoms with Crippen molar-refractivity contribution in [3.63, 3.8) is 0 Å². The molecule has 1 aromatic heterocycles. The molecule has 0 aliphatic carbocycles. The Hall–Kier alpha value is -3.65. The third-order valence-electron chi connectivity index (χ3n) is 4.99. The molecule has 5 N–H and O–H groups in total. The Morgan fingerprint density at radius 3 is 2.50 bits per heavy atom. The van der Waals surface area contributed by atoms with Gasteiger partial charge in [0.25, 0.3) is 0 Å². The van der Waals surface area contributed by atoms with Gasteiger partial charge in [-0.15, -0.1) is 0 Å². The third kappa shape index (κ3) is 4.49. The van der Waals surface area contributed by atoms with Gasteiger partial charge in [0.05, 0.1) is 13.2 Å². The van der Waals surface area contributed by atoms with Crippen LogP contribution in [-0.2, 0) is 9.53 Å². The van der Waals surface area contributed by atoms with Crippen molar-refractivity contribution in [1.82, 2.24) is 4.98 Å². The highest BCUT2D eigenvalue weighted by Gasteiger charge is 2.18. The van der Waals surface area contributed by atoms with E-state index >= 15 is 0 Å². The number of aromatic amines is 1. The number of nitrogens with one attached hydrogen (secondary N) is 1. The van der Waals surface area contributed by atoms with Gasteiger partial charge in [-0.2, -0.15) is 0 Å². The first-order chi connectivity index (χ1) is 14.4. The number of aromatic nitrogens is 1. The van der Waals surface area contributed by atoms with Gasteiger partial charge >= 0.3 is 0 Å². The summed E-state index contributed by atoms with van der Waals surface area (Å²) in [7, 11) is 0. The molecule has 2 aromatic carbocycles. The first-order valence-electron chi connectivity index (χ1n) is 9.50. The minimum absolute atomic E-state index is 0.113. The molecule has 0 radical (unpaired) electrons. The molecule has 2 heterocycles. The highest BCUT2D eigenvalue weighted by molar-refractivity contribution is 5.97. The number of ether oxygens (including phenoxy) is 1. The summed E-state index contributed by atoms with van der Waals surface area (Å²) in [4.78, 5) is 37.1. The highest BCUT2D eigenvalue weighted by atomic mass is 16.5. The second kappa shape index (κ2) is 9.23. The minimum atomic E-state index is -0.453. The molecular formula is C22H24N4O4. The van der Waals surface area contributed by atoms with Crippen molar-refractivity contribution in [1.29, 1.82) is 0 Å². The van der Waals surface area contributed by atoms with Crippen molar-refractivity contribution in [2.75, 3.05) is 31.2 Å². The van der Waals surface area contributed by atoms with Crippen LogP contribution in [0, 0.1) is 6.92 Å². The third-order valence-corrected chi connectivity index (χ3v) is 4.99. The van der Waals surface area contributed by atoms with Gasteiger partial charge in [0.2, 0.25) is 17.9 Å². The number of pyridine rings is 1. The van der Waals surface area contributed by atoms with Crippen molar-refractivity contribution in [2.24, 2.45) is 11.5 Å². The lowest BCUT2D eigenvalue weighted by Crippen LogP contribution is -2.36. The molecule has 0 spiro atoms. The molecule has 156 valence electrons. The molecule has 2 amide bonds. The molecule has 0 atom stereocenters. The second-order valence-corrected chi connectivity index (χ2v) is 6.91. The number of nitrogens with two attached hydrogens (primary N) is 2. The van der Waals surface area contributed by atoms with Gasteiger partial charge in [-0.3, -0.25) is 14.4 Å². The van der Waals surface area contributed by atoms with E-state index in [9.17, 15) is 9.59 Å². The zero-order valence-electron chi connectivity index (χ0n) is 16.7. The van der Waals surface area contributed by atoms with E-state index in [0.29, 0.717) is 18.8 Å². The van der Waals surface area contributed by atoms with Crippen molar-refractivity contribution >= 4 is 28.9 Å². The first kappa shape index (κ1) is 21.1. The van der Waals surface area contributed by atoms with Crippen LogP contribution in [0.2, 0.25) is 0 Å². The number of hydrogen-bond donors (Lipinski definition) is 3. The predicted octanol–water partition coefficient (Wildman–Crippen LogP) is 1.54. The lowest BCUT2D eigenvalue weighted by atomic mass is 9.97. The fraction of sp³-hybridized carbons (Fsp3) is 0.227. The summed E-state index contributed by atoms with van der Waals surface area (Å²) in [6.45, 7) is 4.86. The number of hydrogen-bond acceptors (Lipinski definition) is 5. The second-order valence-electron chi connectivity index (χ2n) is 6.91. The summed E-state index contributed by atoms with van der Waals surface area (Å²) in [5, 5.41) is 0.976. The molecule has 0 bridgehead atoms. The van der Waals surface area contributed by atoms with Gasteiger partial charge in [-0.05, 0) is 48.4 Å². The van der Waals surface area contributed by atoms with Crippen molar-refractivity contribution in [3.8, 4) is 11.1 Å². The number of primary amides is 2. The quantitative estimate of drug-likeness (QED) is 0.566. The van der Waals surface area contributed by atoms with Crippen molar-refractivity contribution < 1.29 is 14.3 Å². The topological polar surface area (TPSA) is 132 Å². The molecule has 3 aromatic rings. The summed E-state index contributed by atoms with van der Waals surface area (Å²) in [5.41, 5.74) is 14.7. The summed E-state index contributed by atoms with van der Waals surface area (Å²) < 4.78 is 5.46. The van der Waals surface area contributed by atoms with Crippen LogP contribution in [-0.4, -0.2) is 43.6 Å². The van der Waals surface area contributed by atoms with Gasteiger partial charge in [-0.1, -0.05) is 6.07 Å². The van der Waals surface area contributed by atoms with Gasteiger partial charge in [0.1, 0.15) is 0 Å². The van der Waals surface area contributed by atoms with Gasteiger partial charge < -0.3 is 26.1 Å². The van der Waals surface area contributed by atoms with Crippen LogP contribution in [0.15, 0.2) is 47.3 Å². The number of H-pyrrole nitrogens is 1. The normalized spacial score (nSPS) is 13.4. The number of amides is 2. The van der Waals surface area contributed by atoms with Gasteiger partial charge in [0, 0.05) is 46.9 Å². The smallest absolute Gasteiger partial charge is 0.248 e. The molecule has 0 saturated carbocycles. The Kier molecular flexibility index (Phi) is 6.48. The molecule has 4 rings (SSSR count). The summed E-state index contributed by atoms with van der Waals surface area (Å²) in [6, 6.07) is 13.1. The van der Waals surface area contributed by atoms with Crippen LogP contribution in [0.25, 0.3) is 22.0 Å². The van der Waals surface area contributed by atoms with Crippen molar-refractivity contribution in [3.05, 3.63) is 63.9 Å². The van der Waals surface area contributed by atoms with Crippen LogP contribution in [0.4, 0.5) is 5.69 Å². The Labute approximate surface area is 173 Å². The van der Waals surface area contributed by atoms with Crippen LogP contribution in [0.3, 0.4) is 0 Å². The lowest BCUT2D eigenvalue weighted by molar-refractivity contribution is -0.106. The Morgan fingerprint density at radius 2 is 1.83 bits per heavy atom. The minimum Gasteiger partial charge on any atom is -0.378 e. The van der Waals surface area contributed by atoms with E-state index in [1.807, 2.05) is 37.3 Å². The summed E-state index contributed by atoms with van der Waals surface area (Å²) in [6.07, 6.45) is 0.250. The average molecular weight is 408 g/mol. The number of rotatable bonds is 3. The maximum atomic E-state index is 11.7. The average Bonchev–Trinajstić information content (AvgIpc) is 2.74. The number of carbonyl (C=O) groups excluding carboxylic acids is 2. The molecule has 0 unspecified atom stereocenters. The van der Waals surface area contributed by atoms with E-state index in [1.165, 1.54) is 0 Å². The molecule has 1 saturated heterocycles. The van der Waals surface area contributed by atoms with E-state index in [4.69, 9.17) is 15.3 Å². The van der Waals surface area contributed by atoms with E-state index < -0.39 is 5.91 Å². The monoisotopic (exact) mass is 408 g/mol. The number of nitrogens with zero attached hydrogens (tertiary/aromatic N) is 1.